The van der Waals surface area contributed by atoms with Crippen LogP contribution < -0.4 is 14.8 Å². The van der Waals surface area contributed by atoms with Gasteiger partial charge in [-0.15, -0.1) is 0 Å². The number of aromatic nitrogens is 2. The molecule has 112 valence electrons. The van der Waals surface area contributed by atoms with E-state index >= 15 is 0 Å². The second-order valence-corrected chi connectivity index (χ2v) is 4.88. The zero-order chi connectivity index (χ0) is 14.8. The fourth-order valence-electron chi connectivity index (χ4n) is 2.37. The van der Waals surface area contributed by atoms with Crippen LogP contribution in [-0.2, 0) is 0 Å². The van der Waals surface area contributed by atoms with E-state index in [9.17, 15) is 5.11 Å². The first-order valence-corrected chi connectivity index (χ1v) is 6.68. The second-order valence-electron chi connectivity index (χ2n) is 4.88. The van der Waals surface area contributed by atoms with Gasteiger partial charge >= 0.3 is 0 Å². The second kappa shape index (κ2) is 5.71. The molecule has 0 unspecified atom stereocenters. The summed E-state index contributed by atoms with van der Waals surface area (Å²) < 4.78 is 15.7. The molecule has 7 heteroatoms. The van der Waals surface area contributed by atoms with E-state index in [1.54, 1.807) is 26.4 Å². The van der Waals surface area contributed by atoms with Crippen LogP contribution in [0.3, 0.4) is 0 Å². The summed E-state index contributed by atoms with van der Waals surface area (Å²) in [5.41, 5.74) is 0.779. The van der Waals surface area contributed by atoms with E-state index in [2.05, 4.69) is 15.5 Å². The van der Waals surface area contributed by atoms with Gasteiger partial charge in [0.25, 0.3) is 0 Å². The molecule has 1 saturated heterocycles. The third-order valence-electron chi connectivity index (χ3n) is 3.49. The average Bonchev–Trinajstić information content (AvgIpc) is 3.15. The highest BCUT2D eigenvalue weighted by Gasteiger charge is 2.28. The van der Waals surface area contributed by atoms with Gasteiger partial charge < -0.3 is 24.4 Å². The van der Waals surface area contributed by atoms with Gasteiger partial charge in [0.15, 0.2) is 11.5 Å². The van der Waals surface area contributed by atoms with Crippen LogP contribution in [0.5, 0.6) is 11.5 Å². The summed E-state index contributed by atoms with van der Waals surface area (Å²) in [6.07, 6.45) is 0.208. The summed E-state index contributed by atoms with van der Waals surface area (Å²) in [4.78, 5) is 4.38. The molecule has 0 saturated carbocycles. The SMILES string of the molecule is COc1ccc(-c2noc([C@H]3C[C@H](O)CN3)n2)cc1OC. The first kappa shape index (κ1) is 13.8. The molecule has 1 aromatic heterocycles. The van der Waals surface area contributed by atoms with Crippen LogP contribution in [0, 0.1) is 0 Å². The van der Waals surface area contributed by atoms with Crippen molar-refractivity contribution < 1.29 is 19.1 Å². The third kappa shape index (κ3) is 2.70. The molecule has 7 nitrogen and oxygen atoms in total. The summed E-state index contributed by atoms with van der Waals surface area (Å²) in [6.45, 7) is 0.540. The smallest absolute Gasteiger partial charge is 0.244 e. The Balaban J connectivity index is 1.86. The van der Waals surface area contributed by atoms with Crippen molar-refractivity contribution in [2.75, 3.05) is 20.8 Å². The van der Waals surface area contributed by atoms with Crippen molar-refractivity contribution in [1.29, 1.82) is 0 Å². The minimum Gasteiger partial charge on any atom is -0.493 e. The number of β-amino-alcohol motifs (C(OH)–C–C–N with tert-alkyl or cyclic N) is 1. The Kier molecular flexibility index (Phi) is 3.76. The lowest BCUT2D eigenvalue weighted by Crippen LogP contribution is -2.15. The zero-order valence-electron chi connectivity index (χ0n) is 11.9. The summed E-state index contributed by atoms with van der Waals surface area (Å²) in [5, 5.41) is 16.6. The first-order valence-electron chi connectivity index (χ1n) is 6.68. The molecule has 0 spiro atoms. The molecule has 0 aliphatic carbocycles. The molecule has 1 fully saturated rings. The predicted molar refractivity (Wildman–Crippen MR) is 74.2 cm³/mol. The fraction of sp³-hybridized carbons (Fsp3) is 0.429. The van der Waals surface area contributed by atoms with E-state index < -0.39 is 0 Å². The van der Waals surface area contributed by atoms with Gasteiger partial charge in [-0.3, -0.25) is 0 Å². The zero-order valence-corrected chi connectivity index (χ0v) is 11.9. The molecule has 2 N–H and O–H groups in total. The normalized spacial score (nSPS) is 21.5. The number of nitrogens with one attached hydrogen (secondary N) is 1. The van der Waals surface area contributed by atoms with Crippen molar-refractivity contribution in [3.05, 3.63) is 24.1 Å². The number of rotatable bonds is 4. The van der Waals surface area contributed by atoms with Crippen LogP contribution in [0.4, 0.5) is 0 Å². The van der Waals surface area contributed by atoms with Crippen molar-refractivity contribution >= 4 is 0 Å². The fourth-order valence-corrected chi connectivity index (χ4v) is 2.37. The monoisotopic (exact) mass is 291 g/mol. The van der Waals surface area contributed by atoms with E-state index in [-0.39, 0.29) is 12.1 Å². The van der Waals surface area contributed by atoms with Crippen LogP contribution in [0.25, 0.3) is 11.4 Å². The molecular formula is C14H17N3O4. The summed E-state index contributed by atoms with van der Waals surface area (Å²) in [6, 6.07) is 5.33. The van der Waals surface area contributed by atoms with E-state index in [1.165, 1.54) is 0 Å². The van der Waals surface area contributed by atoms with Gasteiger partial charge in [-0.2, -0.15) is 4.98 Å². The number of aliphatic hydroxyl groups is 1. The molecule has 2 aromatic rings. The molecule has 21 heavy (non-hydrogen) atoms. The van der Waals surface area contributed by atoms with Crippen LogP contribution in [0.2, 0.25) is 0 Å². The topological polar surface area (TPSA) is 89.6 Å². The number of methoxy groups -OCH3 is 2. The Morgan fingerprint density at radius 1 is 1.29 bits per heavy atom. The Morgan fingerprint density at radius 3 is 2.76 bits per heavy atom. The van der Waals surface area contributed by atoms with Gasteiger partial charge in [0.05, 0.1) is 26.4 Å². The number of hydrogen-bond acceptors (Lipinski definition) is 7. The molecule has 0 amide bonds. The number of ether oxygens (including phenoxy) is 2. The van der Waals surface area contributed by atoms with Crippen molar-refractivity contribution in [1.82, 2.24) is 15.5 Å². The van der Waals surface area contributed by atoms with Gasteiger partial charge in [0.2, 0.25) is 11.7 Å². The van der Waals surface area contributed by atoms with Crippen LogP contribution in [-0.4, -0.2) is 42.1 Å². The summed E-state index contributed by atoms with van der Waals surface area (Å²) in [7, 11) is 3.16. The van der Waals surface area contributed by atoms with Crippen molar-refractivity contribution in [3.8, 4) is 22.9 Å². The van der Waals surface area contributed by atoms with Crippen LogP contribution in [0.1, 0.15) is 18.4 Å². The van der Waals surface area contributed by atoms with E-state index in [4.69, 9.17) is 14.0 Å². The molecule has 0 bridgehead atoms. The van der Waals surface area contributed by atoms with Gasteiger partial charge in [-0.1, -0.05) is 5.16 Å². The number of benzene rings is 1. The minimum atomic E-state index is -0.369. The minimum absolute atomic E-state index is 0.0959. The Morgan fingerprint density at radius 2 is 2.10 bits per heavy atom. The Hall–Kier alpha value is -2.12. The molecule has 2 heterocycles. The first-order chi connectivity index (χ1) is 10.2. The number of nitrogens with zero attached hydrogens (tertiary/aromatic N) is 2. The van der Waals surface area contributed by atoms with Gasteiger partial charge in [0, 0.05) is 12.1 Å². The maximum Gasteiger partial charge on any atom is 0.244 e. The highest BCUT2D eigenvalue weighted by molar-refractivity contribution is 5.60. The van der Waals surface area contributed by atoms with Crippen LogP contribution in [0.15, 0.2) is 22.7 Å². The Labute approximate surface area is 121 Å². The molecule has 3 rings (SSSR count). The quantitative estimate of drug-likeness (QED) is 0.873. The summed E-state index contributed by atoms with van der Waals surface area (Å²) >= 11 is 0. The van der Waals surface area contributed by atoms with Gasteiger partial charge in [-0.25, -0.2) is 0 Å². The lowest BCUT2D eigenvalue weighted by molar-refractivity contribution is 0.191. The number of hydrogen-bond donors (Lipinski definition) is 2. The highest BCUT2D eigenvalue weighted by atomic mass is 16.5. The largest absolute Gasteiger partial charge is 0.493 e. The standard InChI is InChI=1S/C14H17N3O4/c1-19-11-4-3-8(5-12(11)20-2)13-16-14(21-17-13)10-6-9(18)7-15-10/h3-5,9-10,15,18H,6-7H2,1-2H3/t9-,10+/m0/s1. The Bertz CT molecular complexity index is 628. The van der Waals surface area contributed by atoms with Gasteiger partial charge in [-0.05, 0) is 24.6 Å². The molecular weight excluding hydrogens is 274 g/mol. The maximum atomic E-state index is 9.53. The lowest BCUT2D eigenvalue weighted by Gasteiger charge is -2.07. The molecule has 2 atom stereocenters. The maximum absolute atomic E-state index is 9.53. The van der Waals surface area contributed by atoms with E-state index in [0.29, 0.717) is 36.2 Å². The van der Waals surface area contributed by atoms with Crippen molar-refractivity contribution in [3.63, 3.8) is 0 Å². The predicted octanol–water partition coefficient (Wildman–Crippen LogP) is 1.15. The molecule has 1 aromatic carbocycles. The number of aliphatic hydroxyl groups excluding tert-OH is 1. The van der Waals surface area contributed by atoms with E-state index in [1.807, 2.05) is 6.07 Å². The molecule has 0 radical (unpaired) electrons. The summed E-state index contributed by atoms with van der Waals surface area (Å²) in [5.74, 6) is 2.21. The lowest BCUT2D eigenvalue weighted by atomic mass is 10.2. The highest BCUT2D eigenvalue weighted by Crippen LogP contribution is 2.32. The van der Waals surface area contributed by atoms with Crippen LogP contribution >= 0.6 is 0 Å². The molecule has 1 aliphatic heterocycles. The molecule has 1 aliphatic rings. The van der Waals surface area contributed by atoms with Gasteiger partial charge in [0.1, 0.15) is 0 Å². The average molecular weight is 291 g/mol. The van der Waals surface area contributed by atoms with Crippen molar-refractivity contribution in [2.45, 2.75) is 18.6 Å². The van der Waals surface area contributed by atoms with Crippen molar-refractivity contribution in [2.24, 2.45) is 0 Å². The third-order valence-corrected chi connectivity index (χ3v) is 3.49. The van der Waals surface area contributed by atoms with E-state index in [0.717, 1.165) is 5.56 Å².